The standard InChI is InChI=1S/C20H38N4O3/c1-4-21-18(22-14-19(3,25)15-24-9-11-26-12-10-24)23-16-13-17(27-5-2)20(16)7-6-8-20/h16-17,25H,4-15H2,1-3H3,(H2,21,22,23). The first-order valence-electron chi connectivity index (χ1n) is 10.7. The van der Waals surface area contributed by atoms with Crippen molar-refractivity contribution in [2.24, 2.45) is 10.4 Å². The molecule has 3 fully saturated rings. The highest BCUT2D eigenvalue weighted by atomic mass is 16.5. The van der Waals surface area contributed by atoms with Gasteiger partial charge in [-0.3, -0.25) is 9.89 Å². The Morgan fingerprint density at radius 1 is 1.33 bits per heavy atom. The third-order valence-corrected chi connectivity index (χ3v) is 6.34. The van der Waals surface area contributed by atoms with Crippen LogP contribution in [-0.4, -0.2) is 86.3 Å². The zero-order chi connectivity index (χ0) is 19.3. The molecule has 0 bridgehead atoms. The van der Waals surface area contributed by atoms with E-state index in [0.29, 0.717) is 30.7 Å². The topological polar surface area (TPSA) is 78.4 Å². The van der Waals surface area contributed by atoms with Gasteiger partial charge in [0.25, 0.3) is 0 Å². The summed E-state index contributed by atoms with van der Waals surface area (Å²) in [6.07, 6.45) is 5.21. The summed E-state index contributed by atoms with van der Waals surface area (Å²) in [5.74, 6) is 0.811. The highest BCUT2D eigenvalue weighted by Crippen LogP contribution is 2.57. The van der Waals surface area contributed by atoms with Crippen molar-refractivity contribution in [2.75, 3.05) is 52.5 Å². The predicted octanol–water partition coefficient (Wildman–Crippen LogP) is 0.972. The normalized spacial score (nSPS) is 30.3. The van der Waals surface area contributed by atoms with Gasteiger partial charge in [-0.05, 0) is 40.0 Å². The molecule has 0 radical (unpaired) electrons. The van der Waals surface area contributed by atoms with Crippen LogP contribution in [0.25, 0.3) is 0 Å². The maximum atomic E-state index is 10.8. The Hall–Kier alpha value is -0.890. The summed E-state index contributed by atoms with van der Waals surface area (Å²) in [5.41, 5.74) is -0.552. The minimum absolute atomic E-state index is 0.294. The summed E-state index contributed by atoms with van der Waals surface area (Å²) in [5, 5.41) is 17.8. The Kier molecular flexibility index (Phi) is 7.00. The van der Waals surface area contributed by atoms with Crippen molar-refractivity contribution in [1.82, 2.24) is 15.5 Å². The second-order valence-electron chi connectivity index (χ2n) is 8.54. The lowest BCUT2D eigenvalue weighted by Crippen LogP contribution is -2.68. The Morgan fingerprint density at radius 3 is 2.67 bits per heavy atom. The number of morpholine rings is 1. The van der Waals surface area contributed by atoms with E-state index >= 15 is 0 Å². The fourth-order valence-electron chi connectivity index (χ4n) is 4.67. The molecule has 3 N–H and O–H groups in total. The molecule has 7 heteroatoms. The number of hydrogen-bond donors (Lipinski definition) is 3. The summed E-state index contributed by atoms with van der Waals surface area (Å²) in [7, 11) is 0. The number of ether oxygens (including phenoxy) is 2. The van der Waals surface area contributed by atoms with E-state index in [0.717, 1.165) is 51.8 Å². The van der Waals surface area contributed by atoms with Crippen molar-refractivity contribution in [3.63, 3.8) is 0 Å². The summed E-state index contributed by atoms with van der Waals surface area (Å²) in [4.78, 5) is 6.96. The third-order valence-electron chi connectivity index (χ3n) is 6.34. The quantitative estimate of drug-likeness (QED) is 0.429. The van der Waals surface area contributed by atoms with Crippen LogP contribution in [0.15, 0.2) is 4.99 Å². The van der Waals surface area contributed by atoms with Crippen LogP contribution in [0.4, 0.5) is 0 Å². The molecule has 3 rings (SSSR count). The third kappa shape index (κ3) is 4.94. The maximum absolute atomic E-state index is 10.8. The number of nitrogens with one attached hydrogen (secondary N) is 2. The van der Waals surface area contributed by atoms with Gasteiger partial charge in [0.2, 0.25) is 0 Å². The summed E-state index contributed by atoms with van der Waals surface area (Å²) < 4.78 is 11.3. The van der Waals surface area contributed by atoms with Gasteiger partial charge in [0.05, 0.1) is 31.5 Å². The smallest absolute Gasteiger partial charge is 0.191 e. The van der Waals surface area contributed by atoms with Gasteiger partial charge < -0.3 is 25.2 Å². The molecular formula is C20H38N4O3. The van der Waals surface area contributed by atoms with Gasteiger partial charge in [0.1, 0.15) is 0 Å². The first-order chi connectivity index (χ1) is 13.0. The van der Waals surface area contributed by atoms with Crippen LogP contribution in [0.2, 0.25) is 0 Å². The molecule has 1 aliphatic heterocycles. The van der Waals surface area contributed by atoms with E-state index in [4.69, 9.17) is 14.5 Å². The van der Waals surface area contributed by atoms with Gasteiger partial charge in [-0.15, -0.1) is 0 Å². The molecule has 3 atom stereocenters. The number of β-amino-alcohol motifs (C(OH)–C–C–N with tert-alkyl or cyclic N) is 1. The predicted molar refractivity (Wildman–Crippen MR) is 107 cm³/mol. The molecule has 0 aromatic carbocycles. The van der Waals surface area contributed by atoms with E-state index in [9.17, 15) is 5.11 Å². The second-order valence-corrected chi connectivity index (χ2v) is 8.54. The number of nitrogens with zero attached hydrogens (tertiary/aromatic N) is 2. The molecule has 3 aliphatic rings. The van der Waals surface area contributed by atoms with Crippen LogP contribution in [0.5, 0.6) is 0 Å². The number of hydrogen-bond acceptors (Lipinski definition) is 5. The van der Waals surface area contributed by atoms with E-state index < -0.39 is 5.60 Å². The minimum Gasteiger partial charge on any atom is -0.387 e. The van der Waals surface area contributed by atoms with Crippen molar-refractivity contribution in [3.05, 3.63) is 0 Å². The van der Waals surface area contributed by atoms with E-state index in [2.05, 4.69) is 29.4 Å². The lowest BCUT2D eigenvalue weighted by Gasteiger charge is -2.61. The molecule has 156 valence electrons. The van der Waals surface area contributed by atoms with E-state index in [1.54, 1.807) is 0 Å². The van der Waals surface area contributed by atoms with Gasteiger partial charge in [0.15, 0.2) is 5.96 Å². The van der Waals surface area contributed by atoms with Gasteiger partial charge in [0, 0.05) is 44.2 Å². The first-order valence-corrected chi connectivity index (χ1v) is 10.7. The number of aliphatic hydroxyl groups is 1. The Morgan fingerprint density at radius 2 is 2.07 bits per heavy atom. The Labute approximate surface area is 163 Å². The minimum atomic E-state index is -0.846. The molecule has 0 amide bonds. The van der Waals surface area contributed by atoms with Crippen molar-refractivity contribution in [2.45, 2.75) is 64.2 Å². The molecule has 7 nitrogen and oxygen atoms in total. The molecule has 3 unspecified atom stereocenters. The molecular weight excluding hydrogens is 344 g/mol. The fraction of sp³-hybridized carbons (Fsp3) is 0.950. The Balaban J connectivity index is 1.54. The first kappa shape index (κ1) is 20.8. The lowest BCUT2D eigenvalue weighted by atomic mass is 9.51. The van der Waals surface area contributed by atoms with E-state index in [1.807, 2.05) is 6.92 Å². The number of guanidine groups is 1. The van der Waals surface area contributed by atoms with E-state index in [1.165, 1.54) is 19.3 Å². The second kappa shape index (κ2) is 9.07. The van der Waals surface area contributed by atoms with Crippen LogP contribution in [0.1, 0.15) is 46.5 Å². The highest BCUT2D eigenvalue weighted by molar-refractivity contribution is 5.80. The van der Waals surface area contributed by atoms with Crippen LogP contribution in [0, 0.1) is 5.41 Å². The summed E-state index contributed by atoms with van der Waals surface area (Å²) in [6.45, 7) is 11.9. The highest BCUT2D eigenvalue weighted by Gasteiger charge is 2.59. The average Bonchev–Trinajstić information content (AvgIpc) is 2.57. The number of aliphatic imine (C=N–C) groups is 1. The fourth-order valence-corrected chi connectivity index (χ4v) is 4.67. The van der Waals surface area contributed by atoms with Crippen molar-refractivity contribution >= 4 is 5.96 Å². The SMILES string of the molecule is CCNC(=NCC(C)(O)CN1CCOCC1)NC1CC(OCC)C12CCC2. The van der Waals surface area contributed by atoms with Crippen molar-refractivity contribution in [3.8, 4) is 0 Å². The lowest BCUT2D eigenvalue weighted by molar-refractivity contribution is -0.168. The molecule has 1 saturated heterocycles. The molecule has 2 aliphatic carbocycles. The van der Waals surface area contributed by atoms with E-state index in [-0.39, 0.29) is 0 Å². The monoisotopic (exact) mass is 382 g/mol. The largest absolute Gasteiger partial charge is 0.387 e. The van der Waals surface area contributed by atoms with Crippen LogP contribution in [-0.2, 0) is 9.47 Å². The van der Waals surface area contributed by atoms with Crippen LogP contribution < -0.4 is 10.6 Å². The zero-order valence-corrected chi connectivity index (χ0v) is 17.3. The molecule has 1 spiro atoms. The van der Waals surface area contributed by atoms with Crippen LogP contribution >= 0.6 is 0 Å². The van der Waals surface area contributed by atoms with Gasteiger partial charge in [-0.25, -0.2) is 0 Å². The average molecular weight is 383 g/mol. The van der Waals surface area contributed by atoms with Gasteiger partial charge in [-0.2, -0.15) is 0 Å². The Bertz CT molecular complexity index is 501. The summed E-state index contributed by atoms with van der Waals surface area (Å²) >= 11 is 0. The number of rotatable bonds is 8. The van der Waals surface area contributed by atoms with Crippen LogP contribution in [0.3, 0.4) is 0 Å². The maximum Gasteiger partial charge on any atom is 0.191 e. The molecule has 27 heavy (non-hydrogen) atoms. The molecule has 0 aromatic heterocycles. The van der Waals surface area contributed by atoms with Gasteiger partial charge >= 0.3 is 0 Å². The summed E-state index contributed by atoms with van der Waals surface area (Å²) in [6, 6.07) is 0.421. The zero-order valence-electron chi connectivity index (χ0n) is 17.3. The molecule has 2 saturated carbocycles. The molecule has 0 aromatic rings. The van der Waals surface area contributed by atoms with Crippen molar-refractivity contribution < 1.29 is 14.6 Å². The van der Waals surface area contributed by atoms with Gasteiger partial charge in [-0.1, -0.05) is 6.42 Å². The molecule has 1 heterocycles. The van der Waals surface area contributed by atoms with Crippen molar-refractivity contribution in [1.29, 1.82) is 0 Å².